The number of rotatable bonds is 5. The van der Waals surface area contributed by atoms with Crippen molar-refractivity contribution in [3.05, 3.63) is 89.4 Å². The zero-order valence-corrected chi connectivity index (χ0v) is 21.7. The zero-order chi connectivity index (χ0) is 27.1. The highest BCUT2D eigenvalue weighted by Crippen LogP contribution is 2.36. The number of carbonyl (C=O) groups is 1. The highest BCUT2D eigenvalue weighted by Gasteiger charge is 2.22. The fourth-order valence-electron chi connectivity index (χ4n) is 4.65. The number of aromatic nitrogens is 6. The number of H-pyrrole nitrogens is 2. The van der Waals surface area contributed by atoms with Crippen LogP contribution in [-0.2, 0) is 4.79 Å². The molecule has 0 spiro atoms. The van der Waals surface area contributed by atoms with Crippen molar-refractivity contribution in [3.63, 3.8) is 0 Å². The van der Waals surface area contributed by atoms with Gasteiger partial charge in [-0.1, -0.05) is 37.6 Å². The third-order valence-electron chi connectivity index (χ3n) is 6.97. The van der Waals surface area contributed by atoms with Gasteiger partial charge < -0.3 is 10.3 Å². The molecule has 0 radical (unpaired) electrons. The van der Waals surface area contributed by atoms with Crippen LogP contribution in [0.3, 0.4) is 0 Å². The minimum atomic E-state index is -0.279. The third-order valence-corrected chi connectivity index (χ3v) is 6.97. The number of benzene rings is 1. The molecule has 1 amide bonds. The Morgan fingerprint density at radius 2 is 1.87 bits per heavy atom. The summed E-state index contributed by atoms with van der Waals surface area (Å²) in [7, 11) is 0. The normalized spacial score (nSPS) is 14.9. The Morgan fingerprint density at radius 3 is 2.67 bits per heavy atom. The van der Waals surface area contributed by atoms with Gasteiger partial charge in [-0.3, -0.25) is 14.9 Å². The van der Waals surface area contributed by atoms with Crippen molar-refractivity contribution in [2.45, 2.75) is 27.2 Å². The molecule has 0 bridgehead atoms. The number of hydrogen-bond donors (Lipinski definition) is 3. The number of nitrogens with zero attached hydrogens (tertiary/aromatic N) is 4. The van der Waals surface area contributed by atoms with Crippen LogP contribution in [0.15, 0.2) is 66.6 Å². The monoisotopic (exact) mass is 519 g/mol. The Morgan fingerprint density at radius 1 is 1.08 bits per heavy atom. The van der Waals surface area contributed by atoms with E-state index < -0.39 is 0 Å². The summed E-state index contributed by atoms with van der Waals surface area (Å²) in [5, 5.41) is 11.1. The van der Waals surface area contributed by atoms with Crippen LogP contribution in [0.1, 0.15) is 44.1 Å². The summed E-state index contributed by atoms with van der Waals surface area (Å²) in [5.41, 5.74) is 8.20. The molecule has 0 aliphatic heterocycles. The van der Waals surface area contributed by atoms with E-state index in [0.29, 0.717) is 29.3 Å². The summed E-state index contributed by atoms with van der Waals surface area (Å²) in [6.07, 6.45) is 9.73. The number of anilines is 1. The van der Waals surface area contributed by atoms with Crippen molar-refractivity contribution >= 4 is 34.3 Å². The molecule has 3 N–H and O–H groups in total. The van der Waals surface area contributed by atoms with Gasteiger partial charge in [-0.25, -0.2) is 14.4 Å². The van der Waals surface area contributed by atoms with Crippen molar-refractivity contribution in [2.75, 3.05) is 5.32 Å². The average molecular weight is 520 g/mol. The number of imidazole rings is 1. The smallest absolute Gasteiger partial charge is 0.224 e. The lowest BCUT2D eigenvalue weighted by Crippen LogP contribution is -2.09. The Bertz CT molecular complexity index is 1780. The summed E-state index contributed by atoms with van der Waals surface area (Å²) < 4.78 is 13.7. The van der Waals surface area contributed by atoms with E-state index in [0.717, 1.165) is 39.0 Å². The van der Waals surface area contributed by atoms with E-state index >= 15 is 0 Å². The predicted octanol–water partition coefficient (Wildman–Crippen LogP) is 6.38. The second-order valence-corrected chi connectivity index (χ2v) is 9.67. The van der Waals surface area contributed by atoms with Gasteiger partial charge in [-0.2, -0.15) is 5.10 Å². The molecule has 1 aromatic carbocycles. The number of nitrogens with one attached hydrogen (secondary N) is 3. The number of amides is 1. The molecular formula is C30H26FN7O. The van der Waals surface area contributed by atoms with Gasteiger partial charge >= 0.3 is 0 Å². The maximum absolute atomic E-state index is 13.7. The fourth-order valence-corrected chi connectivity index (χ4v) is 4.65. The molecule has 4 heterocycles. The van der Waals surface area contributed by atoms with Crippen molar-refractivity contribution in [2.24, 2.45) is 5.92 Å². The van der Waals surface area contributed by atoms with E-state index in [-0.39, 0.29) is 17.6 Å². The molecule has 1 atom stereocenters. The summed E-state index contributed by atoms with van der Waals surface area (Å²) in [4.78, 5) is 29.1. The van der Waals surface area contributed by atoms with E-state index in [2.05, 4.69) is 56.5 Å². The largest absolute Gasteiger partial charge is 0.337 e. The van der Waals surface area contributed by atoms with Crippen LogP contribution in [0.25, 0.3) is 45.3 Å². The second kappa shape index (κ2) is 9.75. The van der Waals surface area contributed by atoms with Gasteiger partial charge in [0.1, 0.15) is 11.5 Å². The number of hydrogen-bond acceptors (Lipinski definition) is 5. The molecule has 0 saturated carbocycles. The van der Waals surface area contributed by atoms with Gasteiger partial charge in [-0.15, -0.1) is 0 Å². The van der Waals surface area contributed by atoms with E-state index in [1.165, 1.54) is 17.7 Å². The van der Waals surface area contributed by atoms with Gasteiger partial charge in [0.25, 0.3) is 0 Å². The van der Waals surface area contributed by atoms with Crippen LogP contribution in [0.4, 0.5) is 10.1 Å². The van der Waals surface area contributed by atoms with Gasteiger partial charge in [0, 0.05) is 35.5 Å². The highest BCUT2D eigenvalue weighted by atomic mass is 19.1. The fraction of sp³-hybridized carbons (Fsp3) is 0.167. The van der Waals surface area contributed by atoms with Crippen molar-refractivity contribution in [1.29, 1.82) is 0 Å². The lowest BCUT2D eigenvalue weighted by molar-refractivity contribution is -0.115. The number of aromatic amines is 2. The topological polar surface area (TPSA) is 112 Å². The molecule has 0 saturated heterocycles. The first-order valence-corrected chi connectivity index (χ1v) is 12.8. The van der Waals surface area contributed by atoms with Crippen LogP contribution < -0.4 is 5.32 Å². The van der Waals surface area contributed by atoms with E-state index in [9.17, 15) is 9.18 Å². The number of halogens is 1. The summed E-state index contributed by atoms with van der Waals surface area (Å²) in [6.45, 7) is 6.02. The van der Waals surface area contributed by atoms with Crippen LogP contribution >= 0.6 is 0 Å². The first-order chi connectivity index (χ1) is 18.9. The van der Waals surface area contributed by atoms with Crippen molar-refractivity contribution in [1.82, 2.24) is 30.1 Å². The Balaban J connectivity index is 1.43. The SMILES string of the molecule is CCC(=O)Nc1cncc(-c2cnc3n[nH]c(-c4nc5c([nH]4)C=C(C)C(C)C=C5c4ccc(F)cc4)c3c2)c1. The lowest BCUT2D eigenvalue weighted by Gasteiger charge is -2.09. The standard InChI is InChI=1S/C30H26FN7O/c1-4-26(39)34-22-11-19(13-32-15-22)20-12-24-28(37-38-29(24)33-14-20)30-35-25-10-17(3)16(2)9-23(27(25)36-30)18-5-7-21(31)8-6-18/h5-16H,4H2,1-3H3,(H,34,39)(H,35,36)(H,33,37,38). The van der Waals surface area contributed by atoms with Crippen molar-refractivity contribution in [3.8, 4) is 22.6 Å². The first kappa shape index (κ1) is 24.4. The van der Waals surface area contributed by atoms with Crippen LogP contribution in [-0.4, -0.2) is 36.0 Å². The zero-order valence-electron chi connectivity index (χ0n) is 21.7. The maximum Gasteiger partial charge on any atom is 0.224 e. The number of carbonyl (C=O) groups excluding carboxylic acids is 1. The summed E-state index contributed by atoms with van der Waals surface area (Å²) in [5.74, 6) is 0.460. The Labute approximate surface area is 224 Å². The maximum atomic E-state index is 13.7. The molecule has 9 heteroatoms. The molecule has 0 fully saturated rings. The molecular weight excluding hydrogens is 493 g/mol. The molecule has 39 heavy (non-hydrogen) atoms. The minimum Gasteiger partial charge on any atom is -0.337 e. The molecule has 6 rings (SSSR count). The van der Waals surface area contributed by atoms with Gasteiger partial charge in [0.2, 0.25) is 5.91 Å². The number of fused-ring (bicyclic) bond motifs is 2. The molecule has 5 aromatic rings. The summed E-state index contributed by atoms with van der Waals surface area (Å²) >= 11 is 0. The Hall–Kier alpha value is -4.92. The first-order valence-electron chi connectivity index (χ1n) is 12.8. The van der Waals surface area contributed by atoms with E-state index in [1.54, 1.807) is 37.6 Å². The van der Waals surface area contributed by atoms with Crippen LogP contribution in [0.2, 0.25) is 0 Å². The van der Waals surface area contributed by atoms with E-state index in [4.69, 9.17) is 4.98 Å². The quantitative estimate of drug-likeness (QED) is 0.249. The van der Waals surface area contributed by atoms with E-state index in [1.807, 2.05) is 12.1 Å². The summed E-state index contributed by atoms with van der Waals surface area (Å²) in [6, 6.07) is 10.3. The van der Waals surface area contributed by atoms with Gasteiger partial charge in [0.05, 0.1) is 28.7 Å². The highest BCUT2D eigenvalue weighted by molar-refractivity contribution is 5.94. The van der Waals surface area contributed by atoms with Gasteiger partial charge in [-0.05, 0) is 48.7 Å². The van der Waals surface area contributed by atoms with Crippen LogP contribution in [0, 0.1) is 11.7 Å². The van der Waals surface area contributed by atoms with Crippen molar-refractivity contribution < 1.29 is 9.18 Å². The molecule has 1 aliphatic rings. The minimum absolute atomic E-state index is 0.0787. The molecule has 8 nitrogen and oxygen atoms in total. The molecule has 194 valence electrons. The van der Waals surface area contributed by atoms with Gasteiger partial charge in [0.15, 0.2) is 11.5 Å². The number of pyridine rings is 2. The lowest BCUT2D eigenvalue weighted by atomic mass is 9.97. The Kier molecular flexibility index (Phi) is 6.11. The molecule has 4 aromatic heterocycles. The second-order valence-electron chi connectivity index (χ2n) is 9.67. The third kappa shape index (κ3) is 4.63. The molecule has 1 aliphatic carbocycles. The number of allylic oxidation sites excluding steroid dienone is 2. The predicted molar refractivity (Wildman–Crippen MR) is 150 cm³/mol. The molecule has 1 unspecified atom stereocenters. The van der Waals surface area contributed by atoms with Crippen LogP contribution in [0.5, 0.6) is 0 Å². The average Bonchev–Trinajstić information content (AvgIpc) is 3.53.